The van der Waals surface area contributed by atoms with Crippen LogP contribution in [0.25, 0.3) is 0 Å². The molecule has 1 heterocycles. The first-order chi connectivity index (χ1) is 9.17. The molecule has 0 aromatic carbocycles. The number of hydrogen-bond acceptors (Lipinski definition) is 5. The van der Waals surface area contributed by atoms with Gasteiger partial charge in [-0.15, -0.1) is 0 Å². The van der Waals surface area contributed by atoms with Gasteiger partial charge in [0.1, 0.15) is 5.37 Å². The van der Waals surface area contributed by atoms with Crippen LogP contribution < -0.4 is 5.32 Å². The van der Waals surface area contributed by atoms with Gasteiger partial charge in [0.15, 0.2) is 9.84 Å². The molecule has 2 atom stereocenters. The molecule has 1 aliphatic rings. The molecule has 0 bridgehead atoms. The van der Waals surface area contributed by atoms with E-state index in [1.54, 1.807) is 30.5 Å². The summed E-state index contributed by atoms with van der Waals surface area (Å²) in [5.74, 6) is 1.34. The van der Waals surface area contributed by atoms with E-state index in [-0.39, 0.29) is 18.3 Å². The van der Waals surface area contributed by atoms with Crippen LogP contribution >= 0.6 is 11.8 Å². The first-order valence-corrected chi connectivity index (χ1v) is 9.37. The molecule has 1 saturated heterocycles. The molecule has 20 heavy (non-hydrogen) atoms. The Kier molecular flexibility index (Phi) is 6.62. The molecule has 1 aliphatic heterocycles. The topological polar surface area (TPSA) is 49.4 Å². The van der Waals surface area contributed by atoms with Crippen LogP contribution in [0.4, 0.5) is 13.2 Å². The second kappa shape index (κ2) is 7.33. The molecule has 120 valence electrons. The quantitative estimate of drug-likeness (QED) is 0.794. The fourth-order valence-corrected chi connectivity index (χ4v) is 5.27. The van der Waals surface area contributed by atoms with Crippen LogP contribution in [0.3, 0.4) is 0 Å². The SMILES string of the molecule is CCS(=O)(=O)C1CSCCN1C(C)CNCC(F)(F)F. The minimum absolute atomic E-state index is 0.0530. The molecule has 2 unspecified atom stereocenters. The van der Waals surface area contributed by atoms with E-state index < -0.39 is 27.9 Å². The zero-order valence-electron chi connectivity index (χ0n) is 11.6. The zero-order valence-corrected chi connectivity index (χ0v) is 13.2. The Labute approximate surface area is 122 Å². The van der Waals surface area contributed by atoms with Crippen LogP contribution in [0.15, 0.2) is 0 Å². The average molecular weight is 334 g/mol. The van der Waals surface area contributed by atoms with E-state index in [1.807, 2.05) is 0 Å². The molecule has 1 rings (SSSR count). The molecule has 9 heteroatoms. The van der Waals surface area contributed by atoms with Crippen LogP contribution in [0, 0.1) is 0 Å². The Bertz CT molecular complexity index is 401. The van der Waals surface area contributed by atoms with Crippen molar-refractivity contribution in [3.8, 4) is 0 Å². The van der Waals surface area contributed by atoms with E-state index in [9.17, 15) is 21.6 Å². The van der Waals surface area contributed by atoms with Crippen molar-refractivity contribution in [1.82, 2.24) is 10.2 Å². The first kappa shape index (κ1) is 18.1. The van der Waals surface area contributed by atoms with Crippen LogP contribution in [0.1, 0.15) is 13.8 Å². The number of hydrogen-bond donors (Lipinski definition) is 1. The smallest absolute Gasteiger partial charge is 0.307 e. The summed E-state index contributed by atoms with van der Waals surface area (Å²) in [4.78, 5) is 1.80. The average Bonchev–Trinajstić information content (AvgIpc) is 2.37. The van der Waals surface area contributed by atoms with Crippen LogP contribution in [-0.2, 0) is 9.84 Å². The summed E-state index contributed by atoms with van der Waals surface area (Å²) in [5.41, 5.74) is 0. The summed E-state index contributed by atoms with van der Waals surface area (Å²) in [7, 11) is -3.21. The number of alkyl halides is 3. The highest BCUT2D eigenvalue weighted by atomic mass is 32.2. The van der Waals surface area contributed by atoms with Crippen LogP contribution in [-0.4, -0.2) is 67.8 Å². The van der Waals surface area contributed by atoms with Crippen molar-refractivity contribution in [1.29, 1.82) is 0 Å². The van der Waals surface area contributed by atoms with E-state index in [1.165, 1.54) is 0 Å². The minimum Gasteiger partial charge on any atom is -0.307 e. The largest absolute Gasteiger partial charge is 0.401 e. The molecule has 1 fully saturated rings. The lowest BCUT2D eigenvalue weighted by molar-refractivity contribution is -0.125. The van der Waals surface area contributed by atoms with Crippen LogP contribution in [0.2, 0.25) is 0 Å². The van der Waals surface area contributed by atoms with Crippen molar-refractivity contribution < 1.29 is 21.6 Å². The normalized spacial score (nSPS) is 23.8. The molecule has 0 amide bonds. The molecule has 4 nitrogen and oxygen atoms in total. The number of nitrogens with zero attached hydrogens (tertiary/aromatic N) is 1. The van der Waals surface area contributed by atoms with Gasteiger partial charge in [0.2, 0.25) is 0 Å². The Morgan fingerprint density at radius 2 is 2.10 bits per heavy atom. The maximum atomic E-state index is 12.1. The lowest BCUT2D eigenvalue weighted by Gasteiger charge is -2.39. The van der Waals surface area contributed by atoms with Crippen molar-refractivity contribution >= 4 is 21.6 Å². The first-order valence-electron chi connectivity index (χ1n) is 6.50. The summed E-state index contributed by atoms with van der Waals surface area (Å²) in [6, 6.07) is -0.246. The minimum atomic E-state index is -4.24. The number of rotatable bonds is 6. The molecule has 0 aromatic rings. The zero-order chi connectivity index (χ0) is 15.4. The Hall–Kier alpha value is 0.01000. The second-order valence-electron chi connectivity index (χ2n) is 4.81. The maximum absolute atomic E-state index is 12.1. The summed E-state index contributed by atoms with van der Waals surface area (Å²) in [6.45, 7) is 3.02. The summed E-state index contributed by atoms with van der Waals surface area (Å²) < 4.78 is 60.4. The van der Waals surface area contributed by atoms with E-state index in [4.69, 9.17) is 0 Å². The fraction of sp³-hybridized carbons (Fsp3) is 1.00. The van der Waals surface area contributed by atoms with Gasteiger partial charge in [-0.1, -0.05) is 6.92 Å². The van der Waals surface area contributed by atoms with Crippen molar-refractivity contribution in [3.63, 3.8) is 0 Å². The maximum Gasteiger partial charge on any atom is 0.401 e. The Balaban J connectivity index is 2.61. The van der Waals surface area contributed by atoms with Crippen molar-refractivity contribution in [3.05, 3.63) is 0 Å². The third-order valence-corrected chi connectivity index (χ3v) is 6.58. The Morgan fingerprint density at radius 1 is 1.45 bits per heavy atom. The molecule has 0 saturated carbocycles. The number of thioether (sulfide) groups is 1. The third kappa shape index (κ3) is 5.42. The Morgan fingerprint density at radius 3 is 2.65 bits per heavy atom. The van der Waals surface area contributed by atoms with Gasteiger partial charge in [-0.05, 0) is 6.92 Å². The highest BCUT2D eigenvalue weighted by molar-refractivity contribution is 8.01. The molecule has 0 spiro atoms. The number of halogens is 3. The second-order valence-corrected chi connectivity index (χ2v) is 8.41. The van der Waals surface area contributed by atoms with Gasteiger partial charge >= 0.3 is 6.18 Å². The predicted molar refractivity (Wildman–Crippen MR) is 75.7 cm³/mol. The molecular formula is C11H21F3N2O2S2. The van der Waals surface area contributed by atoms with Crippen molar-refractivity contribution in [2.24, 2.45) is 0 Å². The molecule has 0 aromatic heterocycles. The highest BCUT2D eigenvalue weighted by Crippen LogP contribution is 2.23. The lowest BCUT2D eigenvalue weighted by Crippen LogP contribution is -2.54. The molecular weight excluding hydrogens is 313 g/mol. The van der Waals surface area contributed by atoms with Gasteiger partial charge in [0, 0.05) is 36.4 Å². The van der Waals surface area contributed by atoms with Gasteiger partial charge in [0.05, 0.1) is 6.54 Å². The van der Waals surface area contributed by atoms with Crippen molar-refractivity contribution in [2.45, 2.75) is 31.4 Å². The third-order valence-electron chi connectivity index (χ3n) is 3.27. The van der Waals surface area contributed by atoms with Gasteiger partial charge < -0.3 is 5.32 Å². The van der Waals surface area contributed by atoms with Gasteiger partial charge in [-0.3, -0.25) is 4.90 Å². The molecule has 1 N–H and O–H groups in total. The van der Waals surface area contributed by atoms with Gasteiger partial charge in [0.25, 0.3) is 0 Å². The highest BCUT2D eigenvalue weighted by Gasteiger charge is 2.35. The monoisotopic (exact) mass is 334 g/mol. The van der Waals surface area contributed by atoms with E-state index in [0.29, 0.717) is 12.3 Å². The van der Waals surface area contributed by atoms with E-state index in [2.05, 4.69) is 5.32 Å². The molecule has 0 radical (unpaired) electrons. The summed E-state index contributed by atoms with van der Waals surface area (Å²) in [5, 5.41) is 1.76. The van der Waals surface area contributed by atoms with Crippen molar-refractivity contribution in [2.75, 3.05) is 36.9 Å². The van der Waals surface area contributed by atoms with Gasteiger partial charge in [-0.2, -0.15) is 24.9 Å². The predicted octanol–water partition coefficient (Wildman–Crippen LogP) is 1.34. The number of nitrogens with one attached hydrogen (secondary N) is 1. The fourth-order valence-electron chi connectivity index (χ4n) is 2.14. The van der Waals surface area contributed by atoms with E-state index >= 15 is 0 Å². The van der Waals surface area contributed by atoms with E-state index in [0.717, 1.165) is 5.75 Å². The van der Waals surface area contributed by atoms with Gasteiger partial charge in [-0.25, -0.2) is 8.42 Å². The summed E-state index contributed by atoms with van der Waals surface area (Å²) in [6.07, 6.45) is -4.24. The summed E-state index contributed by atoms with van der Waals surface area (Å²) >= 11 is 1.57. The molecule has 0 aliphatic carbocycles. The number of sulfone groups is 1. The van der Waals surface area contributed by atoms with Crippen LogP contribution in [0.5, 0.6) is 0 Å². The lowest BCUT2D eigenvalue weighted by atomic mass is 10.2. The standard InChI is InChI=1S/C11H21F3N2O2S2/c1-3-20(17,18)10-7-19-5-4-16(10)9(2)6-15-8-11(12,13)14/h9-10,15H,3-8H2,1-2H3.